The maximum atomic E-state index is 14.6. The van der Waals surface area contributed by atoms with Gasteiger partial charge in [0.1, 0.15) is 18.3 Å². The lowest BCUT2D eigenvalue weighted by Gasteiger charge is -2.34. The van der Waals surface area contributed by atoms with Gasteiger partial charge in [0.2, 0.25) is 11.8 Å². The number of carbonyl (C=O) groups excluding carboxylic acids is 2. The van der Waals surface area contributed by atoms with Crippen molar-refractivity contribution >= 4 is 39.1 Å². The highest BCUT2D eigenvalue weighted by Crippen LogP contribution is 2.35. The van der Waals surface area contributed by atoms with E-state index < -0.39 is 28.5 Å². The van der Waals surface area contributed by atoms with Gasteiger partial charge in [-0.1, -0.05) is 96.9 Å². The average molecular weight is 662 g/mol. The summed E-state index contributed by atoms with van der Waals surface area (Å²) in [6.07, 6.45) is 0.931. The molecule has 4 aromatic rings. The summed E-state index contributed by atoms with van der Waals surface area (Å²) in [4.78, 5) is 30.0. The number of methoxy groups -OCH3 is 1. The molecule has 0 saturated heterocycles. The van der Waals surface area contributed by atoms with Crippen molar-refractivity contribution in [1.82, 2.24) is 10.2 Å². The number of hydrogen-bond acceptors (Lipinski definition) is 5. The number of benzene rings is 4. The minimum absolute atomic E-state index is 0.00196. The van der Waals surface area contributed by atoms with Gasteiger partial charge in [-0.05, 0) is 61.7 Å². The summed E-state index contributed by atoms with van der Waals surface area (Å²) in [6.45, 7) is 5.20. The molecule has 0 aliphatic rings. The first-order chi connectivity index (χ1) is 22.0. The van der Waals surface area contributed by atoms with Crippen molar-refractivity contribution in [3.63, 3.8) is 0 Å². The molecule has 0 unspecified atom stereocenters. The summed E-state index contributed by atoms with van der Waals surface area (Å²) in [7, 11) is -2.88. The molecule has 0 fully saturated rings. The fourth-order valence-corrected chi connectivity index (χ4v) is 6.57. The number of carbonyl (C=O) groups is 2. The summed E-state index contributed by atoms with van der Waals surface area (Å²) in [5, 5.41) is 3.31. The predicted molar refractivity (Wildman–Crippen MR) is 183 cm³/mol. The number of sulfonamides is 1. The normalized spacial score (nSPS) is 12.5. The number of anilines is 1. The van der Waals surface area contributed by atoms with E-state index in [9.17, 15) is 18.0 Å². The van der Waals surface area contributed by atoms with Crippen LogP contribution in [0.15, 0.2) is 108 Å². The molecule has 8 nitrogen and oxygen atoms in total. The Morgan fingerprint density at radius 2 is 1.50 bits per heavy atom. The van der Waals surface area contributed by atoms with Crippen LogP contribution in [0.5, 0.6) is 5.75 Å². The Morgan fingerprint density at radius 3 is 2.09 bits per heavy atom. The third kappa shape index (κ3) is 8.68. The van der Waals surface area contributed by atoms with Gasteiger partial charge in [-0.3, -0.25) is 13.9 Å². The second-order valence-electron chi connectivity index (χ2n) is 11.2. The number of amides is 2. The third-order valence-corrected chi connectivity index (χ3v) is 9.77. The SMILES string of the molecule is CC[C@@H](C)NC(=O)[C@@H](Cc1ccccc1)N(Cc1ccccc1)C(=O)CN(c1cc(Cl)ccc1OC)S(=O)(=O)c1ccc(C)cc1. The van der Waals surface area contributed by atoms with E-state index in [1.807, 2.05) is 81.4 Å². The minimum Gasteiger partial charge on any atom is -0.495 e. The molecule has 4 aromatic carbocycles. The lowest BCUT2D eigenvalue weighted by atomic mass is 10.0. The molecule has 2 amide bonds. The molecule has 0 heterocycles. The van der Waals surface area contributed by atoms with Crippen molar-refractivity contribution in [1.29, 1.82) is 0 Å². The van der Waals surface area contributed by atoms with Crippen LogP contribution in [0.1, 0.15) is 37.0 Å². The van der Waals surface area contributed by atoms with E-state index in [2.05, 4.69) is 5.32 Å². The zero-order valence-corrected chi connectivity index (χ0v) is 28.1. The molecule has 1 N–H and O–H groups in total. The van der Waals surface area contributed by atoms with E-state index >= 15 is 0 Å². The quantitative estimate of drug-likeness (QED) is 0.169. The first-order valence-electron chi connectivity index (χ1n) is 15.1. The van der Waals surface area contributed by atoms with Crippen LogP contribution in [-0.4, -0.2) is 50.9 Å². The second-order valence-corrected chi connectivity index (χ2v) is 13.5. The molecule has 46 heavy (non-hydrogen) atoms. The van der Waals surface area contributed by atoms with Crippen LogP contribution in [0.4, 0.5) is 5.69 Å². The maximum Gasteiger partial charge on any atom is 0.264 e. The number of ether oxygens (including phenoxy) is 1. The first-order valence-corrected chi connectivity index (χ1v) is 17.0. The number of halogens is 1. The average Bonchev–Trinajstić information content (AvgIpc) is 3.06. The fraction of sp³-hybridized carbons (Fsp3) is 0.278. The largest absolute Gasteiger partial charge is 0.495 e. The minimum atomic E-state index is -4.30. The molecule has 10 heteroatoms. The maximum absolute atomic E-state index is 14.6. The summed E-state index contributed by atoms with van der Waals surface area (Å²) >= 11 is 6.36. The number of rotatable bonds is 14. The van der Waals surface area contributed by atoms with E-state index in [0.717, 1.165) is 21.0 Å². The Kier molecular flexibility index (Phi) is 11.8. The van der Waals surface area contributed by atoms with E-state index in [1.165, 1.54) is 30.2 Å². The van der Waals surface area contributed by atoms with E-state index in [1.54, 1.807) is 24.3 Å². The van der Waals surface area contributed by atoms with Gasteiger partial charge < -0.3 is 15.0 Å². The lowest BCUT2D eigenvalue weighted by Crippen LogP contribution is -2.54. The molecule has 242 valence electrons. The van der Waals surface area contributed by atoms with E-state index in [4.69, 9.17) is 16.3 Å². The summed E-state index contributed by atoms with van der Waals surface area (Å²) < 4.78 is 35.1. The third-order valence-electron chi connectivity index (χ3n) is 7.77. The smallest absolute Gasteiger partial charge is 0.264 e. The topological polar surface area (TPSA) is 96.0 Å². The first kappa shape index (κ1) is 34.5. The predicted octanol–water partition coefficient (Wildman–Crippen LogP) is 6.41. The molecular formula is C36H40ClN3O5S. The van der Waals surface area contributed by atoms with Crippen LogP contribution in [0, 0.1) is 6.92 Å². The second kappa shape index (κ2) is 15.8. The van der Waals surface area contributed by atoms with Crippen molar-refractivity contribution in [3.05, 3.63) is 125 Å². The van der Waals surface area contributed by atoms with Gasteiger partial charge in [0, 0.05) is 24.0 Å². The zero-order chi connectivity index (χ0) is 33.3. The highest BCUT2D eigenvalue weighted by Gasteiger charge is 2.36. The van der Waals surface area contributed by atoms with E-state index in [-0.39, 0.29) is 46.3 Å². The molecule has 0 aliphatic carbocycles. The molecule has 0 saturated carbocycles. The van der Waals surface area contributed by atoms with Crippen LogP contribution < -0.4 is 14.4 Å². The Hall–Kier alpha value is -4.34. The lowest BCUT2D eigenvalue weighted by molar-refractivity contribution is -0.140. The highest BCUT2D eigenvalue weighted by atomic mass is 35.5. The Labute approximate surface area is 277 Å². The van der Waals surface area contributed by atoms with Crippen molar-refractivity contribution in [2.24, 2.45) is 0 Å². The summed E-state index contributed by atoms with van der Waals surface area (Å²) in [6, 6.07) is 28.7. The van der Waals surface area contributed by atoms with Crippen LogP contribution in [-0.2, 0) is 32.6 Å². The standard InChI is InChI=1S/C36H40ClN3O5S/c1-5-27(3)38-36(42)33(22-28-12-8-6-9-13-28)39(24-29-14-10-7-11-15-29)35(41)25-40(32-23-30(37)18-21-34(32)45-4)46(43,44)31-19-16-26(2)17-20-31/h6-21,23,27,33H,5,22,24-25H2,1-4H3,(H,38,42)/t27-,33-/m1/s1. The van der Waals surface area contributed by atoms with Gasteiger partial charge in [-0.2, -0.15) is 0 Å². The van der Waals surface area contributed by atoms with Crippen LogP contribution in [0.3, 0.4) is 0 Å². The fourth-order valence-electron chi connectivity index (χ4n) is 4.98. The van der Waals surface area contributed by atoms with Gasteiger partial charge >= 0.3 is 0 Å². The monoisotopic (exact) mass is 661 g/mol. The van der Waals surface area contributed by atoms with Crippen molar-refractivity contribution in [3.8, 4) is 5.75 Å². The number of hydrogen-bond donors (Lipinski definition) is 1. The summed E-state index contributed by atoms with van der Waals surface area (Å²) in [5.74, 6) is -0.671. The Morgan fingerprint density at radius 1 is 0.891 bits per heavy atom. The van der Waals surface area contributed by atoms with Crippen molar-refractivity contribution in [2.75, 3.05) is 18.0 Å². The number of aryl methyl sites for hydroxylation is 1. The number of nitrogens with one attached hydrogen (secondary N) is 1. The Bertz CT molecular complexity index is 1720. The van der Waals surface area contributed by atoms with Crippen LogP contribution in [0.25, 0.3) is 0 Å². The van der Waals surface area contributed by atoms with Gasteiger partial charge in [0.25, 0.3) is 10.0 Å². The molecule has 0 aliphatic heterocycles. The van der Waals surface area contributed by atoms with Gasteiger partial charge in [-0.25, -0.2) is 8.42 Å². The molecular weight excluding hydrogens is 622 g/mol. The van der Waals surface area contributed by atoms with Crippen LogP contribution in [0.2, 0.25) is 5.02 Å². The molecule has 0 spiro atoms. The molecule has 0 radical (unpaired) electrons. The van der Waals surface area contributed by atoms with Crippen molar-refractivity contribution in [2.45, 2.75) is 57.1 Å². The molecule has 0 bridgehead atoms. The Balaban J connectivity index is 1.84. The van der Waals surface area contributed by atoms with Gasteiger partial charge in [0.15, 0.2) is 0 Å². The van der Waals surface area contributed by atoms with Gasteiger partial charge in [-0.15, -0.1) is 0 Å². The number of nitrogens with zero attached hydrogens (tertiary/aromatic N) is 2. The molecule has 4 rings (SSSR count). The van der Waals surface area contributed by atoms with E-state index in [0.29, 0.717) is 6.42 Å². The van der Waals surface area contributed by atoms with Crippen LogP contribution >= 0.6 is 11.6 Å². The zero-order valence-electron chi connectivity index (χ0n) is 26.5. The summed E-state index contributed by atoms with van der Waals surface area (Å²) in [5.41, 5.74) is 2.64. The highest BCUT2D eigenvalue weighted by molar-refractivity contribution is 7.92. The molecule has 0 aromatic heterocycles. The van der Waals surface area contributed by atoms with Gasteiger partial charge in [0.05, 0.1) is 17.7 Å². The van der Waals surface area contributed by atoms with Crippen molar-refractivity contribution < 1.29 is 22.7 Å². The molecule has 2 atom stereocenters.